The maximum Gasteiger partial charge on any atom is 0.254 e. The van der Waals surface area contributed by atoms with Gasteiger partial charge >= 0.3 is 0 Å². The zero-order valence-corrected chi connectivity index (χ0v) is 14.8. The van der Waals surface area contributed by atoms with Gasteiger partial charge < -0.3 is 9.80 Å². The molecule has 0 aliphatic rings. The fourth-order valence-corrected chi connectivity index (χ4v) is 2.70. The number of hydrogen-bond donors (Lipinski definition) is 0. The van der Waals surface area contributed by atoms with Gasteiger partial charge in [0.1, 0.15) is 0 Å². The summed E-state index contributed by atoms with van der Waals surface area (Å²) >= 11 is 1.68. The molecule has 2 rings (SSSR count). The summed E-state index contributed by atoms with van der Waals surface area (Å²) in [5, 5.41) is 0. The summed E-state index contributed by atoms with van der Waals surface area (Å²) in [7, 11) is 4.05. The molecule has 4 heteroatoms. The predicted molar refractivity (Wildman–Crippen MR) is 98.0 cm³/mol. The van der Waals surface area contributed by atoms with Gasteiger partial charge in [0, 0.05) is 30.1 Å². The van der Waals surface area contributed by atoms with Gasteiger partial charge in [-0.1, -0.05) is 30.3 Å². The standard InChI is InChI=1S/C19H24N2OS/c1-20(2)13-14-21(15-16-7-5-4-6-8-16)19(22)17-9-11-18(23-3)12-10-17/h4-12H,13-15H2,1-3H3. The number of rotatable bonds is 7. The van der Waals surface area contributed by atoms with Crippen LogP contribution in [0.2, 0.25) is 0 Å². The van der Waals surface area contributed by atoms with Crippen LogP contribution in [0.25, 0.3) is 0 Å². The molecule has 0 bridgehead atoms. The Labute approximate surface area is 143 Å². The smallest absolute Gasteiger partial charge is 0.254 e. The summed E-state index contributed by atoms with van der Waals surface area (Å²) in [6.45, 7) is 2.20. The number of amides is 1. The molecule has 2 aromatic carbocycles. The molecule has 0 fully saturated rings. The molecular weight excluding hydrogens is 304 g/mol. The topological polar surface area (TPSA) is 23.6 Å². The van der Waals surface area contributed by atoms with E-state index in [4.69, 9.17) is 0 Å². The Bertz CT molecular complexity index is 611. The van der Waals surface area contributed by atoms with E-state index in [2.05, 4.69) is 17.0 Å². The summed E-state index contributed by atoms with van der Waals surface area (Å²) in [6, 6.07) is 18.0. The van der Waals surface area contributed by atoms with Gasteiger partial charge in [0.25, 0.3) is 5.91 Å². The van der Waals surface area contributed by atoms with Crippen LogP contribution in [0.1, 0.15) is 15.9 Å². The van der Waals surface area contributed by atoms with Crippen molar-refractivity contribution in [2.75, 3.05) is 33.4 Å². The highest BCUT2D eigenvalue weighted by molar-refractivity contribution is 7.98. The average molecular weight is 328 g/mol. The molecule has 0 aromatic heterocycles. The van der Waals surface area contributed by atoms with E-state index in [0.29, 0.717) is 13.1 Å². The molecule has 0 atom stereocenters. The highest BCUT2D eigenvalue weighted by atomic mass is 32.2. The SMILES string of the molecule is CSc1ccc(C(=O)N(CCN(C)C)Cc2ccccc2)cc1. The molecule has 122 valence electrons. The molecule has 0 spiro atoms. The third-order valence-corrected chi connectivity index (χ3v) is 4.40. The van der Waals surface area contributed by atoms with Crippen LogP contribution in [0.4, 0.5) is 0 Å². The average Bonchev–Trinajstić information content (AvgIpc) is 2.59. The minimum Gasteiger partial charge on any atom is -0.333 e. The van der Waals surface area contributed by atoms with Gasteiger partial charge in [-0.15, -0.1) is 11.8 Å². The molecule has 0 saturated carbocycles. The van der Waals surface area contributed by atoms with E-state index in [-0.39, 0.29) is 5.91 Å². The van der Waals surface area contributed by atoms with Crippen LogP contribution in [0.5, 0.6) is 0 Å². The summed E-state index contributed by atoms with van der Waals surface area (Å²) < 4.78 is 0. The lowest BCUT2D eigenvalue weighted by molar-refractivity contribution is 0.0732. The lowest BCUT2D eigenvalue weighted by Crippen LogP contribution is -2.36. The molecule has 0 heterocycles. The Balaban J connectivity index is 2.15. The van der Waals surface area contributed by atoms with Crippen molar-refractivity contribution in [3.05, 3.63) is 65.7 Å². The van der Waals surface area contributed by atoms with Gasteiger partial charge in [-0.05, 0) is 50.2 Å². The van der Waals surface area contributed by atoms with Crippen LogP contribution in [-0.4, -0.2) is 49.1 Å². The number of likely N-dealkylation sites (N-methyl/N-ethyl adjacent to an activating group) is 1. The van der Waals surface area contributed by atoms with Crippen LogP contribution in [0.15, 0.2) is 59.5 Å². The summed E-state index contributed by atoms with van der Waals surface area (Å²) in [4.78, 5) is 18.1. The number of carbonyl (C=O) groups excluding carboxylic acids is 1. The number of thioether (sulfide) groups is 1. The van der Waals surface area contributed by atoms with Crippen molar-refractivity contribution in [1.82, 2.24) is 9.80 Å². The fourth-order valence-electron chi connectivity index (χ4n) is 2.29. The Morgan fingerprint density at radius 3 is 2.17 bits per heavy atom. The number of nitrogens with zero attached hydrogens (tertiary/aromatic N) is 2. The normalized spacial score (nSPS) is 10.8. The Hall–Kier alpha value is -1.78. The van der Waals surface area contributed by atoms with Crippen LogP contribution < -0.4 is 0 Å². The van der Waals surface area contributed by atoms with Gasteiger partial charge in [0.2, 0.25) is 0 Å². The first-order valence-electron chi connectivity index (χ1n) is 7.72. The number of benzene rings is 2. The van der Waals surface area contributed by atoms with Crippen molar-refractivity contribution < 1.29 is 4.79 Å². The van der Waals surface area contributed by atoms with Crippen LogP contribution in [0, 0.1) is 0 Å². The first-order valence-corrected chi connectivity index (χ1v) is 8.94. The minimum atomic E-state index is 0.0864. The van der Waals surface area contributed by atoms with E-state index in [1.165, 1.54) is 4.90 Å². The second-order valence-electron chi connectivity index (χ2n) is 5.74. The zero-order chi connectivity index (χ0) is 16.7. The Morgan fingerprint density at radius 2 is 1.61 bits per heavy atom. The molecule has 0 aliphatic heterocycles. The van der Waals surface area contributed by atoms with Crippen LogP contribution in [-0.2, 0) is 6.54 Å². The van der Waals surface area contributed by atoms with E-state index < -0.39 is 0 Å². The van der Waals surface area contributed by atoms with E-state index in [9.17, 15) is 4.79 Å². The zero-order valence-electron chi connectivity index (χ0n) is 14.0. The van der Waals surface area contributed by atoms with Crippen molar-refractivity contribution in [3.63, 3.8) is 0 Å². The third kappa shape index (κ3) is 5.41. The largest absolute Gasteiger partial charge is 0.333 e. The second kappa shape index (κ2) is 8.75. The second-order valence-corrected chi connectivity index (χ2v) is 6.62. The number of carbonyl (C=O) groups is 1. The first kappa shape index (κ1) is 17.6. The quantitative estimate of drug-likeness (QED) is 0.725. The van der Waals surface area contributed by atoms with Crippen molar-refractivity contribution >= 4 is 17.7 Å². The lowest BCUT2D eigenvalue weighted by Gasteiger charge is -2.25. The summed E-state index contributed by atoms with van der Waals surface area (Å²) in [5.74, 6) is 0.0864. The van der Waals surface area contributed by atoms with Crippen LogP contribution >= 0.6 is 11.8 Å². The van der Waals surface area contributed by atoms with Crippen LogP contribution in [0.3, 0.4) is 0 Å². The van der Waals surface area contributed by atoms with Gasteiger partial charge in [0.05, 0.1) is 0 Å². The Morgan fingerprint density at radius 1 is 0.957 bits per heavy atom. The molecule has 23 heavy (non-hydrogen) atoms. The molecule has 1 amide bonds. The van der Waals surface area contributed by atoms with E-state index in [1.807, 2.05) is 67.7 Å². The summed E-state index contributed by atoms with van der Waals surface area (Å²) in [5.41, 5.74) is 1.90. The monoisotopic (exact) mass is 328 g/mol. The van der Waals surface area contributed by atoms with E-state index in [0.717, 1.165) is 17.7 Å². The highest BCUT2D eigenvalue weighted by Crippen LogP contribution is 2.17. The number of hydrogen-bond acceptors (Lipinski definition) is 3. The summed E-state index contributed by atoms with van der Waals surface area (Å²) in [6.07, 6.45) is 2.04. The first-order chi connectivity index (χ1) is 11.1. The molecular formula is C19H24N2OS. The van der Waals surface area contributed by atoms with Crippen molar-refractivity contribution in [2.24, 2.45) is 0 Å². The van der Waals surface area contributed by atoms with Crippen molar-refractivity contribution in [2.45, 2.75) is 11.4 Å². The van der Waals surface area contributed by atoms with Gasteiger partial charge in [-0.3, -0.25) is 4.79 Å². The van der Waals surface area contributed by atoms with E-state index >= 15 is 0 Å². The Kier molecular flexibility index (Phi) is 6.68. The van der Waals surface area contributed by atoms with Gasteiger partial charge in [-0.2, -0.15) is 0 Å². The molecule has 3 nitrogen and oxygen atoms in total. The molecule has 0 saturated heterocycles. The maximum absolute atomic E-state index is 12.9. The fraction of sp³-hybridized carbons (Fsp3) is 0.316. The lowest BCUT2D eigenvalue weighted by atomic mass is 10.1. The predicted octanol–water partition coefficient (Wildman–Crippen LogP) is 3.61. The maximum atomic E-state index is 12.9. The molecule has 0 radical (unpaired) electrons. The van der Waals surface area contributed by atoms with Crippen molar-refractivity contribution in [1.29, 1.82) is 0 Å². The molecule has 2 aromatic rings. The molecule has 0 aliphatic carbocycles. The van der Waals surface area contributed by atoms with Gasteiger partial charge in [-0.25, -0.2) is 0 Å². The molecule has 0 unspecified atom stereocenters. The van der Waals surface area contributed by atoms with Gasteiger partial charge in [0.15, 0.2) is 0 Å². The van der Waals surface area contributed by atoms with Crippen molar-refractivity contribution in [3.8, 4) is 0 Å². The highest BCUT2D eigenvalue weighted by Gasteiger charge is 2.16. The third-order valence-electron chi connectivity index (χ3n) is 3.66. The molecule has 0 N–H and O–H groups in total. The van der Waals surface area contributed by atoms with E-state index in [1.54, 1.807) is 11.8 Å². The minimum absolute atomic E-state index is 0.0864.